The molecule has 0 spiro atoms. The smallest absolute Gasteiger partial charge is 0.298 e. The van der Waals surface area contributed by atoms with Gasteiger partial charge in [0, 0.05) is 0 Å². The topological polar surface area (TPSA) is 118 Å². The Morgan fingerprint density at radius 1 is 0.636 bits per heavy atom. The van der Waals surface area contributed by atoms with Crippen LogP contribution in [0.1, 0.15) is 0 Å². The van der Waals surface area contributed by atoms with Crippen LogP contribution in [0.3, 0.4) is 0 Å². The zero-order chi connectivity index (χ0) is 23.6. The summed E-state index contributed by atoms with van der Waals surface area (Å²) in [5.74, 6) is 0.206. The van der Waals surface area contributed by atoms with Gasteiger partial charge in [-0.15, -0.1) is 0 Å². The summed E-state index contributed by atoms with van der Waals surface area (Å²) in [6.45, 7) is 0. The van der Waals surface area contributed by atoms with Gasteiger partial charge < -0.3 is 9.84 Å². The highest BCUT2D eigenvalue weighted by molar-refractivity contribution is 7.91. The molecule has 0 heterocycles. The predicted octanol–water partition coefficient (Wildman–Crippen LogP) is 4.93. The van der Waals surface area contributed by atoms with E-state index in [1.54, 1.807) is 66.7 Å². The molecule has 0 amide bonds. The number of benzene rings is 4. The highest BCUT2D eigenvalue weighted by Crippen LogP contribution is 2.33. The Bertz CT molecular complexity index is 1490. The maximum Gasteiger partial charge on any atom is 0.298 e. The summed E-state index contributed by atoms with van der Waals surface area (Å²) < 4.78 is 65.0. The molecule has 4 aromatic rings. The lowest BCUT2D eigenvalue weighted by atomic mass is 10.1. The van der Waals surface area contributed by atoms with Crippen molar-refractivity contribution in [2.24, 2.45) is 0 Å². The number of hydrogen-bond acceptors (Lipinski definition) is 6. The third kappa shape index (κ3) is 4.90. The highest BCUT2D eigenvalue weighted by atomic mass is 32.2. The monoisotopic (exact) mass is 482 g/mol. The van der Waals surface area contributed by atoms with Gasteiger partial charge in [0.2, 0.25) is 9.84 Å². The fraction of sp³-hybridized carbons (Fsp3) is 0. The van der Waals surface area contributed by atoms with Gasteiger partial charge in [-0.3, -0.25) is 4.55 Å². The van der Waals surface area contributed by atoms with Gasteiger partial charge in [-0.1, -0.05) is 42.5 Å². The van der Waals surface area contributed by atoms with Gasteiger partial charge >= 0.3 is 0 Å². The predicted molar refractivity (Wildman–Crippen MR) is 122 cm³/mol. The van der Waals surface area contributed by atoms with Crippen LogP contribution in [0.5, 0.6) is 17.2 Å². The Hall–Kier alpha value is -3.66. The minimum atomic E-state index is -4.79. The molecule has 0 saturated heterocycles. The molecule has 0 unspecified atom stereocenters. The molecule has 0 bridgehead atoms. The van der Waals surface area contributed by atoms with Gasteiger partial charge in [0.1, 0.15) is 22.1 Å². The zero-order valence-corrected chi connectivity index (χ0v) is 18.6. The second-order valence-electron chi connectivity index (χ2n) is 7.07. The summed E-state index contributed by atoms with van der Waals surface area (Å²) in [5.41, 5.74) is 1.69. The summed E-state index contributed by atoms with van der Waals surface area (Å²) in [6.07, 6.45) is 0. The molecule has 0 aromatic heterocycles. The molecule has 33 heavy (non-hydrogen) atoms. The minimum Gasteiger partial charge on any atom is -0.508 e. The molecule has 4 rings (SSSR count). The van der Waals surface area contributed by atoms with E-state index in [-0.39, 0.29) is 27.0 Å². The summed E-state index contributed by atoms with van der Waals surface area (Å²) in [6, 6.07) is 24.1. The maximum absolute atomic E-state index is 12.8. The first kappa shape index (κ1) is 22.5. The van der Waals surface area contributed by atoms with Crippen LogP contribution >= 0.6 is 0 Å². The van der Waals surface area contributed by atoms with E-state index in [0.717, 1.165) is 17.2 Å². The Morgan fingerprint density at radius 2 is 1.21 bits per heavy atom. The quantitative estimate of drug-likeness (QED) is 0.374. The number of rotatable bonds is 6. The number of sulfone groups is 1. The minimum absolute atomic E-state index is 0.00947. The highest BCUT2D eigenvalue weighted by Gasteiger charge is 2.24. The first-order valence-corrected chi connectivity index (χ1v) is 12.6. The van der Waals surface area contributed by atoms with Crippen LogP contribution in [0, 0.1) is 0 Å². The van der Waals surface area contributed by atoms with E-state index in [1.165, 1.54) is 24.3 Å². The molecule has 2 N–H and O–H groups in total. The second-order valence-corrected chi connectivity index (χ2v) is 10.4. The van der Waals surface area contributed by atoms with Gasteiger partial charge in [0.25, 0.3) is 10.1 Å². The van der Waals surface area contributed by atoms with Crippen LogP contribution in [-0.4, -0.2) is 26.5 Å². The standard InChI is InChI=1S/C24H18O7S2/c25-19-10-6-17(7-11-19)18-8-12-20(13-9-18)31-23-15-14-22(16-24(23)33(28,29)30)32(26,27)21-4-2-1-3-5-21/h1-16,25H,(H,28,29,30). The van der Waals surface area contributed by atoms with Crippen molar-refractivity contribution >= 4 is 20.0 Å². The summed E-state index contributed by atoms with van der Waals surface area (Å²) in [5, 5.41) is 9.41. The average Bonchev–Trinajstić information content (AvgIpc) is 2.80. The van der Waals surface area contributed by atoms with E-state index in [2.05, 4.69) is 0 Å². The van der Waals surface area contributed by atoms with Crippen LogP contribution in [0.15, 0.2) is 112 Å². The summed E-state index contributed by atoms with van der Waals surface area (Å²) >= 11 is 0. The maximum atomic E-state index is 12.8. The van der Waals surface area contributed by atoms with E-state index in [1.807, 2.05) is 0 Å². The SMILES string of the molecule is O=S(=O)(O)c1cc(S(=O)(=O)c2ccccc2)ccc1Oc1ccc(-c2ccc(O)cc2)cc1. The molecule has 168 valence electrons. The first-order valence-electron chi connectivity index (χ1n) is 9.63. The van der Waals surface area contributed by atoms with Crippen molar-refractivity contribution in [3.05, 3.63) is 97.1 Å². The lowest BCUT2D eigenvalue weighted by molar-refractivity contribution is 0.449. The van der Waals surface area contributed by atoms with Gasteiger partial charge in [0.15, 0.2) is 0 Å². The molecule has 0 fully saturated rings. The number of phenolic OH excluding ortho intramolecular Hbond substituents is 1. The molecule has 0 aliphatic heterocycles. The molecule has 4 aromatic carbocycles. The Morgan fingerprint density at radius 3 is 1.79 bits per heavy atom. The van der Waals surface area contributed by atoms with E-state index in [0.29, 0.717) is 0 Å². The van der Waals surface area contributed by atoms with Crippen LogP contribution in [0.2, 0.25) is 0 Å². The fourth-order valence-corrected chi connectivity index (χ4v) is 5.20. The van der Waals surface area contributed by atoms with E-state index in [4.69, 9.17) is 4.74 Å². The van der Waals surface area contributed by atoms with Gasteiger partial charge in [-0.25, -0.2) is 8.42 Å². The summed E-state index contributed by atoms with van der Waals surface area (Å²) in [4.78, 5) is -0.969. The fourth-order valence-electron chi connectivity index (χ4n) is 3.17. The van der Waals surface area contributed by atoms with Crippen molar-refractivity contribution < 1.29 is 31.2 Å². The van der Waals surface area contributed by atoms with E-state index >= 15 is 0 Å². The number of aromatic hydroxyl groups is 1. The second kappa shape index (κ2) is 8.70. The van der Waals surface area contributed by atoms with Gasteiger partial charge in [-0.05, 0) is 65.7 Å². The van der Waals surface area contributed by atoms with Crippen molar-refractivity contribution in [2.45, 2.75) is 14.7 Å². The molecular weight excluding hydrogens is 464 g/mol. The van der Waals surface area contributed by atoms with E-state index in [9.17, 15) is 26.5 Å². The molecule has 0 aliphatic rings. The van der Waals surface area contributed by atoms with Crippen LogP contribution in [0.25, 0.3) is 11.1 Å². The molecular formula is C24H18O7S2. The van der Waals surface area contributed by atoms with Crippen molar-refractivity contribution in [1.82, 2.24) is 0 Å². The number of hydrogen-bond donors (Lipinski definition) is 2. The third-order valence-corrected chi connectivity index (χ3v) is 7.48. The van der Waals surface area contributed by atoms with Crippen molar-refractivity contribution in [1.29, 1.82) is 0 Å². The molecule has 0 saturated carbocycles. The van der Waals surface area contributed by atoms with Crippen molar-refractivity contribution in [3.63, 3.8) is 0 Å². The third-order valence-electron chi connectivity index (χ3n) is 4.84. The van der Waals surface area contributed by atoms with Crippen LogP contribution in [-0.2, 0) is 20.0 Å². The summed E-state index contributed by atoms with van der Waals surface area (Å²) in [7, 11) is -8.79. The van der Waals surface area contributed by atoms with Crippen molar-refractivity contribution in [2.75, 3.05) is 0 Å². The molecule has 0 radical (unpaired) electrons. The lowest BCUT2D eigenvalue weighted by Gasteiger charge is -2.12. The Kier molecular flexibility index (Phi) is 5.94. The lowest BCUT2D eigenvalue weighted by Crippen LogP contribution is -2.06. The largest absolute Gasteiger partial charge is 0.508 e. The number of phenols is 1. The normalized spacial score (nSPS) is 11.8. The molecule has 0 aliphatic carbocycles. The van der Waals surface area contributed by atoms with Crippen LogP contribution in [0.4, 0.5) is 0 Å². The number of ether oxygens (including phenoxy) is 1. The van der Waals surface area contributed by atoms with Gasteiger partial charge in [0.05, 0.1) is 9.79 Å². The van der Waals surface area contributed by atoms with E-state index < -0.39 is 24.9 Å². The molecule has 0 atom stereocenters. The van der Waals surface area contributed by atoms with Crippen molar-refractivity contribution in [3.8, 4) is 28.4 Å². The Labute approximate surface area is 191 Å². The van der Waals surface area contributed by atoms with Crippen LogP contribution < -0.4 is 4.74 Å². The zero-order valence-electron chi connectivity index (χ0n) is 17.0. The first-order chi connectivity index (χ1) is 15.6. The Balaban J connectivity index is 1.67. The molecule has 7 nitrogen and oxygen atoms in total. The van der Waals surface area contributed by atoms with Gasteiger partial charge in [-0.2, -0.15) is 8.42 Å². The average molecular weight is 483 g/mol. The molecule has 9 heteroatoms.